The van der Waals surface area contributed by atoms with Crippen LogP contribution in [0, 0.1) is 6.92 Å². The number of hydrogen-bond donors (Lipinski definition) is 1. The van der Waals surface area contributed by atoms with Crippen LogP contribution >= 0.6 is 11.6 Å². The zero-order valence-electron chi connectivity index (χ0n) is 13.6. The number of anilines is 1. The second kappa shape index (κ2) is 6.26. The molecule has 2 aromatic heterocycles. The maximum absolute atomic E-state index is 12.9. The van der Waals surface area contributed by atoms with Crippen LogP contribution in [-0.4, -0.2) is 15.8 Å². The number of pyridine rings is 1. The van der Waals surface area contributed by atoms with E-state index in [1.54, 1.807) is 29.5 Å². The van der Waals surface area contributed by atoms with Gasteiger partial charge in [-0.1, -0.05) is 17.7 Å². The van der Waals surface area contributed by atoms with Crippen molar-refractivity contribution in [2.45, 2.75) is 19.6 Å². The van der Waals surface area contributed by atoms with E-state index in [4.69, 9.17) is 16.0 Å². The lowest BCUT2D eigenvalue weighted by Gasteiger charge is -2.26. The fourth-order valence-electron chi connectivity index (χ4n) is 3.03. The van der Waals surface area contributed by atoms with E-state index in [0.717, 1.165) is 17.0 Å². The van der Waals surface area contributed by atoms with E-state index < -0.39 is 0 Å². The van der Waals surface area contributed by atoms with E-state index in [0.29, 0.717) is 22.8 Å². The quantitative estimate of drug-likeness (QED) is 0.755. The predicted molar refractivity (Wildman–Crippen MR) is 95.4 cm³/mol. The number of halogens is 1. The minimum Gasteiger partial charge on any atom is -0.467 e. The van der Waals surface area contributed by atoms with E-state index >= 15 is 0 Å². The lowest BCUT2D eigenvalue weighted by molar-refractivity contribution is 0.0714. The largest absolute Gasteiger partial charge is 0.467 e. The predicted octanol–water partition coefficient (Wildman–Crippen LogP) is 4.40. The molecule has 0 spiro atoms. The van der Waals surface area contributed by atoms with Gasteiger partial charge < -0.3 is 14.6 Å². The van der Waals surface area contributed by atoms with Crippen LogP contribution in [0.2, 0.25) is 5.02 Å². The maximum atomic E-state index is 12.9. The van der Waals surface area contributed by atoms with Crippen molar-refractivity contribution in [3.05, 3.63) is 82.5 Å². The van der Waals surface area contributed by atoms with Crippen LogP contribution in [0.3, 0.4) is 0 Å². The number of fused-ring (bicyclic) bond motifs is 1. The third-order valence-corrected chi connectivity index (χ3v) is 4.78. The van der Waals surface area contributed by atoms with E-state index in [-0.39, 0.29) is 12.1 Å². The zero-order chi connectivity index (χ0) is 17.4. The number of aromatic nitrogens is 1. The molecule has 1 aliphatic heterocycles. The first-order valence-corrected chi connectivity index (χ1v) is 8.33. The van der Waals surface area contributed by atoms with Gasteiger partial charge in [0.25, 0.3) is 5.91 Å². The molecule has 0 saturated carbocycles. The topological polar surface area (TPSA) is 58.4 Å². The SMILES string of the molecule is Cc1c(Cl)cccc1NC1c2ncccc2C(=O)N1Cc1ccco1. The minimum atomic E-state index is -0.383. The van der Waals surface area contributed by atoms with Crippen molar-refractivity contribution in [3.8, 4) is 0 Å². The van der Waals surface area contributed by atoms with Crippen LogP contribution in [0.5, 0.6) is 0 Å². The van der Waals surface area contributed by atoms with Gasteiger partial charge in [0, 0.05) is 16.9 Å². The second-order valence-electron chi connectivity index (χ2n) is 5.91. The highest BCUT2D eigenvalue weighted by atomic mass is 35.5. The summed E-state index contributed by atoms with van der Waals surface area (Å²) in [6, 6.07) is 12.9. The average molecular weight is 354 g/mol. The third kappa shape index (κ3) is 2.76. The van der Waals surface area contributed by atoms with Crippen LogP contribution in [-0.2, 0) is 6.54 Å². The average Bonchev–Trinajstić information content (AvgIpc) is 3.22. The lowest BCUT2D eigenvalue weighted by Crippen LogP contribution is -2.32. The van der Waals surface area contributed by atoms with Crippen molar-refractivity contribution in [2.75, 3.05) is 5.32 Å². The number of benzene rings is 1. The van der Waals surface area contributed by atoms with Crippen LogP contribution in [0.15, 0.2) is 59.3 Å². The van der Waals surface area contributed by atoms with E-state index in [1.807, 2.05) is 37.3 Å². The summed E-state index contributed by atoms with van der Waals surface area (Å²) in [5, 5.41) is 4.09. The summed E-state index contributed by atoms with van der Waals surface area (Å²) in [4.78, 5) is 19.0. The number of hydrogen-bond acceptors (Lipinski definition) is 4. The van der Waals surface area contributed by atoms with Gasteiger partial charge in [0.05, 0.1) is 24.1 Å². The number of nitrogens with zero attached hydrogens (tertiary/aromatic N) is 2. The van der Waals surface area contributed by atoms with Gasteiger partial charge >= 0.3 is 0 Å². The minimum absolute atomic E-state index is 0.0725. The molecule has 4 rings (SSSR count). The molecule has 1 unspecified atom stereocenters. The molecule has 3 aromatic rings. The Kier molecular flexibility index (Phi) is 3.93. The van der Waals surface area contributed by atoms with Gasteiger partial charge in [0.2, 0.25) is 0 Å². The molecule has 5 nitrogen and oxygen atoms in total. The van der Waals surface area contributed by atoms with Crippen LogP contribution in [0.4, 0.5) is 5.69 Å². The summed E-state index contributed by atoms with van der Waals surface area (Å²) >= 11 is 6.23. The highest BCUT2D eigenvalue weighted by Crippen LogP contribution is 2.35. The summed E-state index contributed by atoms with van der Waals surface area (Å²) < 4.78 is 5.42. The van der Waals surface area contributed by atoms with Crippen LogP contribution in [0.25, 0.3) is 0 Å². The number of carbonyl (C=O) groups excluding carboxylic acids is 1. The Morgan fingerprint density at radius 3 is 2.92 bits per heavy atom. The summed E-state index contributed by atoms with van der Waals surface area (Å²) in [5.74, 6) is 0.646. The third-order valence-electron chi connectivity index (χ3n) is 4.37. The van der Waals surface area contributed by atoms with Gasteiger partial charge in [-0.2, -0.15) is 0 Å². The molecule has 3 heterocycles. The smallest absolute Gasteiger partial charge is 0.258 e. The van der Waals surface area contributed by atoms with Gasteiger partial charge in [0.15, 0.2) is 0 Å². The molecular formula is C19H16ClN3O2. The molecule has 6 heteroatoms. The Morgan fingerprint density at radius 2 is 2.12 bits per heavy atom. The number of carbonyl (C=O) groups is 1. The molecule has 25 heavy (non-hydrogen) atoms. The fourth-order valence-corrected chi connectivity index (χ4v) is 3.20. The Labute approximate surface area is 150 Å². The molecule has 1 atom stereocenters. The molecule has 0 fully saturated rings. The zero-order valence-corrected chi connectivity index (χ0v) is 14.3. The van der Waals surface area contributed by atoms with Crippen molar-refractivity contribution >= 4 is 23.2 Å². The van der Waals surface area contributed by atoms with Crippen LogP contribution in [0.1, 0.15) is 33.5 Å². The van der Waals surface area contributed by atoms with Crippen molar-refractivity contribution in [1.82, 2.24) is 9.88 Å². The lowest BCUT2D eigenvalue weighted by atomic mass is 10.1. The van der Waals surface area contributed by atoms with E-state index in [1.165, 1.54) is 0 Å². The molecule has 1 aliphatic rings. The van der Waals surface area contributed by atoms with Crippen molar-refractivity contribution in [3.63, 3.8) is 0 Å². The second-order valence-corrected chi connectivity index (χ2v) is 6.32. The van der Waals surface area contributed by atoms with Gasteiger partial charge in [-0.15, -0.1) is 0 Å². The molecule has 0 saturated heterocycles. The van der Waals surface area contributed by atoms with Crippen molar-refractivity contribution in [1.29, 1.82) is 0 Å². The first kappa shape index (κ1) is 15.7. The Hall–Kier alpha value is -2.79. The van der Waals surface area contributed by atoms with E-state index in [9.17, 15) is 4.79 Å². The van der Waals surface area contributed by atoms with Gasteiger partial charge in [-0.3, -0.25) is 9.78 Å². The first-order chi connectivity index (χ1) is 12.1. The molecule has 1 aromatic carbocycles. The Bertz CT molecular complexity index is 924. The molecule has 0 radical (unpaired) electrons. The summed E-state index contributed by atoms with van der Waals surface area (Å²) in [6.07, 6.45) is 2.92. The molecule has 0 bridgehead atoms. The molecule has 1 amide bonds. The first-order valence-electron chi connectivity index (χ1n) is 7.95. The normalized spacial score (nSPS) is 16.2. The number of amides is 1. The molecule has 126 valence electrons. The van der Waals surface area contributed by atoms with Gasteiger partial charge in [-0.25, -0.2) is 0 Å². The molecule has 0 aliphatic carbocycles. The Morgan fingerprint density at radius 1 is 1.24 bits per heavy atom. The summed E-state index contributed by atoms with van der Waals surface area (Å²) in [7, 11) is 0. The molecule has 1 N–H and O–H groups in total. The monoisotopic (exact) mass is 353 g/mol. The van der Waals surface area contributed by atoms with Crippen molar-refractivity contribution in [2.24, 2.45) is 0 Å². The van der Waals surface area contributed by atoms with E-state index in [2.05, 4.69) is 10.3 Å². The van der Waals surface area contributed by atoms with Gasteiger partial charge in [-0.05, 0) is 48.9 Å². The maximum Gasteiger partial charge on any atom is 0.258 e. The van der Waals surface area contributed by atoms with Crippen molar-refractivity contribution < 1.29 is 9.21 Å². The number of nitrogens with one attached hydrogen (secondary N) is 1. The Balaban J connectivity index is 1.73. The highest BCUT2D eigenvalue weighted by Gasteiger charge is 2.38. The fraction of sp³-hybridized carbons (Fsp3) is 0.158. The van der Waals surface area contributed by atoms with Crippen LogP contribution < -0.4 is 5.32 Å². The summed E-state index contributed by atoms with van der Waals surface area (Å²) in [5.41, 5.74) is 3.11. The number of rotatable bonds is 4. The summed E-state index contributed by atoms with van der Waals surface area (Å²) in [6.45, 7) is 2.30. The van der Waals surface area contributed by atoms with Gasteiger partial charge in [0.1, 0.15) is 11.9 Å². The number of furan rings is 1. The highest BCUT2D eigenvalue weighted by molar-refractivity contribution is 6.31. The molecular weight excluding hydrogens is 338 g/mol. The standard InChI is InChI=1S/C19H16ClN3O2/c1-12-15(20)7-2-8-16(12)22-18-17-14(6-3-9-21-17)19(24)23(18)11-13-5-4-10-25-13/h2-10,18,22H,11H2,1H3.